The van der Waals surface area contributed by atoms with E-state index in [9.17, 15) is 4.39 Å². The highest BCUT2D eigenvalue weighted by molar-refractivity contribution is 5.16. The monoisotopic (exact) mass is 209 g/mol. The van der Waals surface area contributed by atoms with Crippen LogP contribution in [-0.2, 0) is 6.42 Å². The maximum Gasteiger partial charge on any atom is 0.123 e. The first-order valence-corrected chi connectivity index (χ1v) is 5.67. The first kappa shape index (κ1) is 12.2. The van der Waals surface area contributed by atoms with Crippen molar-refractivity contribution in [3.8, 4) is 0 Å². The van der Waals surface area contributed by atoms with Crippen molar-refractivity contribution in [1.82, 2.24) is 5.32 Å². The van der Waals surface area contributed by atoms with E-state index in [1.807, 2.05) is 12.1 Å². The predicted octanol–water partition coefficient (Wildman–Crippen LogP) is 3.00. The van der Waals surface area contributed by atoms with Crippen molar-refractivity contribution >= 4 is 0 Å². The number of halogens is 1. The molecule has 0 aliphatic carbocycles. The molecule has 1 aromatic rings. The second-order valence-corrected chi connectivity index (χ2v) is 4.09. The molecule has 0 aliphatic heterocycles. The lowest BCUT2D eigenvalue weighted by Crippen LogP contribution is -2.23. The van der Waals surface area contributed by atoms with E-state index < -0.39 is 0 Å². The minimum absolute atomic E-state index is 0.161. The Kier molecular flexibility index (Phi) is 5.33. The molecule has 0 radical (unpaired) electrons. The highest BCUT2D eigenvalue weighted by atomic mass is 19.1. The molecule has 0 aliphatic rings. The summed E-state index contributed by atoms with van der Waals surface area (Å²) in [5.74, 6) is 0.574. The van der Waals surface area contributed by atoms with Gasteiger partial charge >= 0.3 is 0 Å². The van der Waals surface area contributed by atoms with Crippen LogP contribution in [0.4, 0.5) is 4.39 Å². The van der Waals surface area contributed by atoms with Crippen LogP contribution in [0.5, 0.6) is 0 Å². The minimum Gasteiger partial charge on any atom is -0.316 e. The molecule has 0 aromatic heterocycles. The summed E-state index contributed by atoms with van der Waals surface area (Å²) in [6, 6.07) is 6.73. The van der Waals surface area contributed by atoms with E-state index in [4.69, 9.17) is 0 Å². The number of nitrogens with one attached hydrogen (secondary N) is 1. The standard InChI is InChI=1S/C13H20FN/c1-3-11(2)10-15-9-8-12-4-6-13(14)7-5-12/h4-7,11,15H,3,8-10H2,1-2H3/t11-/m0/s1. The molecule has 1 atom stereocenters. The Bertz CT molecular complexity index is 268. The van der Waals surface area contributed by atoms with Gasteiger partial charge in [0.15, 0.2) is 0 Å². The average Bonchev–Trinajstić information content (AvgIpc) is 2.26. The fourth-order valence-corrected chi connectivity index (χ4v) is 1.38. The lowest BCUT2D eigenvalue weighted by atomic mass is 10.1. The molecule has 0 fully saturated rings. The van der Waals surface area contributed by atoms with Crippen molar-refractivity contribution in [1.29, 1.82) is 0 Å². The Balaban J connectivity index is 2.17. The maximum absolute atomic E-state index is 12.6. The van der Waals surface area contributed by atoms with E-state index in [1.165, 1.54) is 24.1 Å². The number of benzene rings is 1. The molecule has 1 aromatic carbocycles. The van der Waals surface area contributed by atoms with Crippen LogP contribution in [0.1, 0.15) is 25.8 Å². The topological polar surface area (TPSA) is 12.0 Å². The Morgan fingerprint density at radius 2 is 1.93 bits per heavy atom. The molecule has 0 unspecified atom stereocenters. The van der Waals surface area contributed by atoms with E-state index in [-0.39, 0.29) is 5.82 Å². The average molecular weight is 209 g/mol. The third-order valence-corrected chi connectivity index (χ3v) is 2.69. The molecule has 1 rings (SSSR count). The molecular weight excluding hydrogens is 189 g/mol. The zero-order valence-electron chi connectivity index (χ0n) is 9.59. The predicted molar refractivity (Wildman–Crippen MR) is 62.4 cm³/mol. The van der Waals surface area contributed by atoms with Gasteiger partial charge < -0.3 is 5.32 Å². The lowest BCUT2D eigenvalue weighted by molar-refractivity contribution is 0.502. The third-order valence-electron chi connectivity index (χ3n) is 2.69. The minimum atomic E-state index is -0.161. The Morgan fingerprint density at radius 3 is 2.53 bits per heavy atom. The van der Waals surface area contributed by atoms with Crippen LogP contribution in [0.15, 0.2) is 24.3 Å². The first-order valence-electron chi connectivity index (χ1n) is 5.67. The summed E-state index contributed by atoms with van der Waals surface area (Å²) in [6.45, 7) is 6.48. The van der Waals surface area contributed by atoms with E-state index in [0.717, 1.165) is 25.4 Å². The van der Waals surface area contributed by atoms with Gasteiger partial charge in [-0.1, -0.05) is 32.4 Å². The highest BCUT2D eigenvalue weighted by Gasteiger charge is 1.98. The normalized spacial score (nSPS) is 12.7. The molecule has 1 N–H and O–H groups in total. The van der Waals surface area contributed by atoms with E-state index in [0.29, 0.717) is 0 Å². The van der Waals surface area contributed by atoms with Crippen LogP contribution < -0.4 is 5.32 Å². The van der Waals surface area contributed by atoms with Crippen LogP contribution in [0.3, 0.4) is 0 Å². The largest absolute Gasteiger partial charge is 0.316 e. The van der Waals surface area contributed by atoms with Crippen molar-refractivity contribution in [2.45, 2.75) is 26.7 Å². The van der Waals surface area contributed by atoms with Gasteiger partial charge in [-0.25, -0.2) is 4.39 Å². The fraction of sp³-hybridized carbons (Fsp3) is 0.538. The second-order valence-electron chi connectivity index (χ2n) is 4.09. The van der Waals surface area contributed by atoms with E-state index in [2.05, 4.69) is 19.2 Å². The van der Waals surface area contributed by atoms with Crippen molar-refractivity contribution in [3.63, 3.8) is 0 Å². The molecule has 15 heavy (non-hydrogen) atoms. The van der Waals surface area contributed by atoms with Crippen LogP contribution in [-0.4, -0.2) is 13.1 Å². The van der Waals surface area contributed by atoms with Gasteiger partial charge in [0.05, 0.1) is 0 Å². The Hall–Kier alpha value is -0.890. The zero-order chi connectivity index (χ0) is 11.1. The summed E-state index contributed by atoms with van der Waals surface area (Å²) in [4.78, 5) is 0. The van der Waals surface area contributed by atoms with Gasteiger partial charge in [0.25, 0.3) is 0 Å². The molecule has 0 saturated heterocycles. The van der Waals surface area contributed by atoms with E-state index in [1.54, 1.807) is 0 Å². The molecule has 1 nitrogen and oxygen atoms in total. The molecule has 84 valence electrons. The Morgan fingerprint density at radius 1 is 1.27 bits per heavy atom. The summed E-state index contributed by atoms with van der Waals surface area (Å²) in [6.07, 6.45) is 2.18. The highest BCUT2D eigenvalue weighted by Crippen LogP contribution is 2.03. The summed E-state index contributed by atoms with van der Waals surface area (Å²) in [5.41, 5.74) is 1.19. The molecule has 2 heteroatoms. The molecule has 0 spiro atoms. The Labute approximate surface area is 91.7 Å². The SMILES string of the molecule is CC[C@H](C)CNCCc1ccc(F)cc1. The van der Waals surface area contributed by atoms with Crippen molar-refractivity contribution in [2.75, 3.05) is 13.1 Å². The molecule has 0 amide bonds. The van der Waals surface area contributed by atoms with Gasteiger partial charge in [0.1, 0.15) is 5.82 Å². The number of hydrogen-bond acceptors (Lipinski definition) is 1. The zero-order valence-corrected chi connectivity index (χ0v) is 9.59. The van der Waals surface area contributed by atoms with Crippen LogP contribution in [0, 0.1) is 11.7 Å². The first-order chi connectivity index (χ1) is 7.22. The summed E-state index contributed by atoms with van der Waals surface area (Å²) in [7, 11) is 0. The summed E-state index contributed by atoms with van der Waals surface area (Å²) < 4.78 is 12.6. The quantitative estimate of drug-likeness (QED) is 0.710. The van der Waals surface area contributed by atoms with Gasteiger partial charge in [-0.15, -0.1) is 0 Å². The molecule has 0 bridgehead atoms. The molecular formula is C13H20FN. The molecule has 0 saturated carbocycles. The van der Waals surface area contributed by atoms with Crippen LogP contribution in [0.25, 0.3) is 0 Å². The van der Waals surface area contributed by atoms with Gasteiger partial charge in [-0.05, 0) is 43.1 Å². The van der Waals surface area contributed by atoms with Crippen LogP contribution in [0.2, 0.25) is 0 Å². The van der Waals surface area contributed by atoms with Gasteiger partial charge in [0.2, 0.25) is 0 Å². The van der Waals surface area contributed by atoms with Crippen molar-refractivity contribution in [3.05, 3.63) is 35.6 Å². The number of rotatable bonds is 6. The fourth-order valence-electron chi connectivity index (χ4n) is 1.38. The smallest absolute Gasteiger partial charge is 0.123 e. The van der Waals surface area contributed by atoms with E-state index >= 15 is 0 Å². The van der Waals surface area contributed by atoms with Crippen molar-refractivity contribution in [2.24, 2.45) is 5.92 Å². The van der Waals surface area contributed by atoms with Gasteiger partial charge in [-0.3, -0.25) is 0 Å². The number of hydrogen-bond donors (Lipinski definition) is 1. The van der Waals surface area contributed by atoms with Crippen molar-refractivity contribution < 1.29 is 4.39 Å². The summed E-state index contributed by atoms with van der Waals surface area (Å²) in [5, 5.41) is 3.41. The van der Waals surface area contributed by atoms with Gasteiger partial charge in [0, 0.05) is 0 Å². The second kappa shape index (κ2) is 6.57. The van der Waals surface area contributed by atoms with Crippen LogP contribution >= 0.6 is 0 Å². The lowest BCUT2D eigenvalue weighted by Gasteiger charge is -2.09. The summed E-state index contributed by atoms with van der Waals surface area (Å²) >= 11 is 0. The van der Waals surface area contributed by atoms with Gasteiger partial charge in [-0.2, -0.15) is 0 Å². The third kappa shape index (κ3) is 4.93. The maximum atomic E-state index is 12.6. The molecule has 0 heterocycles.